The number of aryl methyl sites for hydroxylation is 2. The fraction of sp³-hybridized carbons (Fsp3) is 0.360. The molecule has 2 spiro atoms. The lowest BCUT2D eigenvalue weighted by Gasteiger charge is -2.24. The Kier molecular flexibility index (Phi) is 14.7. The zero-order valence-corrected chi connectivity index (χ0v) is 36.7. The van der Waals surface area contributed by atoms with Crippen molar-refractivity contribution in [1.29, 1.82) is 0 Å². The van der Waals surface area contributed by atoms with Crippen LogP contribution in [0.3, 0.4) is 0 Å². The highest BCUT2D eigenvalue weighted by molar-refractivity contribution is 6.21. The Balaban J connectivity index is 0.000000200. The van der Waals surface area contributed by atoms with Gasteiger partial charge in [0.15, 0.2) is 22.7 Å². The summed E-state index contributed by atoms with van der Waals surface area (Å²) in [5.41, 5.74) is 1.49. The number of carbonyl (C=O) groups excluding carboxylic acids is 4. The van der Waals surface area contributed by atoms with Crippen LogP contribution in [0, 0.1) is 13.8 Å². The Morgan fingerprint density at radius 1 is 0.697 bits per heavy atom. The first-order chi connectivity index (χ1) is 31.3. The van der Waals surface area contributed by atoms with Crippen molar-refractivity contribution in [1.82, 2.24) is 5.32 Å². The smallest absolute Gasteiger partial charge is 0.416 e. The molecular weight excluding hydrogens is 871 g/mol. The van der Waals surface area contributed by atoms with Gasteiger partial charge in [0, 0.05) is 13.1 Å². The molecule has 10 nitrogen and oxygen atoms in total. The fourth-order valence-corrected chi connectivity index (χ4v) is 8.71. The Hall–Kier alpha value is -6.67. The van der Waals surface area contributed by atoms with Crippen LogP contribution in [-0.4, -0.2) is 53.5 Å². The van der Waals surface area contributed by atoms with Gasteiger partial charge in [0.2, 0.25) is 6.08 Å². The van der Waals surface area contributed by atoms with E-state index in [0.29, 0.717) is 83.3 Å². The molecule has 0 aromatic heterocycles. The van der Waals surface area contributed by atoms with Gasteiger partial charge in [-0.3, -0.25) is 0 Å². The third kappa shape index (κ3) is 10.4. The van der Waals surface area contributed by atoms with Crippen LogP contribution in [0.4, 0.5) is 31.1 Å². The summed E-state index contributed by atoms with van der Waals surface area (Å²) in [5.74, 6) is -0.920. The number of aliphatic hydroxyl groups is 1. The number of alkyl carbamates (subject to hydrolysis) is 1. The maximum atomic E-state index is 13.1. The van der Waals surface area contributed by atoms with Crippen molar-refractivity contribution in [2.24, 2.45) is 4.99 Å². The molecule has 4 aromatic carbocycles. The maximum absolute atomic E-state index is 13.1. The summed E-state index contributed by atoms with van der Waals surface area (Å²) in [7, 11) is 0. The third-order valence-corrected chi connectivity index (χ3v) is 11.9. The van der Waals surface area contributed by atoms with E-state index in [1.807, 2.05) is 0 Å². The molecule has 4 aromatic rings. The topological polar surface area (TPSA) is 141 Å². The Bertz CT molecular complexity index is 2610. The predicted octanol–water partition coefficient (Wildman–Crippen LogP) is 12.2. The second-order valence-electron chi connectivity index (χ2n) is 16.3. The van der Waals surface area contributed by atoms with Crippen LogP contribution in [0.15, 0.2) is 101 Å². The molecule has 1 amide bonds. The van der Waals surface area contributed by atoms with Crippen molar-refractivity contribution < 1.29 is 64.8 Å². The van der Waals surface area contributed by atoms with Gasteiger partial charge in [-0.05, 0) is 148 Å². The molecule has 16 heteroatoms. The molecule has 2 aliphatic carbocycles. The third-order valence-electron chi connectivity index (χ3n) is 11.9. The van der Waals surface area contributed by atoms with Crippen molar-refractivity contribution in [2.45, 2.75) is 103 Å². The van der Waals surface area contributed by atoms with E-state index >= 15 is 0 Å². The number of nitrogens with one attached hydrogen (secondary N) is 1. The molecule has 348 valence electrons. The molecule has 0 unspecified atom stereocenters. The van der Waals surface area contributed by atoms with Gasteiger partial charge in [0.25, 0.3) is 0 Å². The number of hydrogen-bond donors (Lipinski definition) is 2. The van der Waals surface area contributed by atoms with E-state index in [1.165, 1.54) is 18.2 Å². The number of halogens is 6. The Morgan fingerprint density at radius 2 is 1.14 bits per heavy atom. The van der Waals surface area contributed by atoms with Gasteiger partial charge in [-0.2, -0.15) is 26.3 Å². The molecule has 0 bridgehead atoms. The second kappa shape index (κ2) is 19.8. The van der Waals surface area contributed by atoms with Crippen LogP contribution >= 0.6 is 0 Å². The molecule has 0 atom stereocenters. The first-order valence-electron chi connectivity index (χ1n) is 21.5. The number of rotatable bonds is 7. The van der Waals surface area contributed by atoms with Gasteiger partial charge in [0.05, 0.1) is 11.1 Å². The molecule has 66 heavy (non-hydrogen) atoms. The first-order valence-corrected chi connectivity index (χ1v) is 21.5. The average molecular weight is 919 g/mol. The minimum atomic E-state index is -4.44. The quantitative estimate of drug-likeness (QED) is 0.0614. The van der Waals surface area contributed by atoms with E-state index in [-0.39, 0.29) is 22.7 Å². The zero-order chi connectivity index (χ0) is 48.0. The van der Waals surface area contributed by atoms with E-state index < -0.39 is 52.7 Å². The minimum Gasteiger partial charge on any atom is -0.507 e. The van der Waals surface area contributed by atoms with Gasteiger partial charge in [-0.25, -0.2) is 24.2 Å². The number of benzene rings is 4. The molecule has 4 aliphatic rings. The summed E-state index contributed by atoms with van der Waals surface area (Å²) in [6, 6.07) is 20.3. The zero-order valence-electron chi connectivity index (χ0n) is 36.7. The van der Waals surface area contributed by atoms with Crippen molar-refractivity contribution in [3.63, 3.8) is 0 Å². The summed E-state index contributed by atoms with van der Waals surface area (Å²) in [6.45, 7) is 7.98. The normalized spacial score (nSPS) is 17.1. The van der Waals surface area contributed by atoms with Crippen LogP contribution in [0.25, 0.3) is 33.4 Å². The van der Waals surface area contributed by atoms with E-state index in [1.54, 1.807) is 76.2 Å². The Morgan fingerprint density at radius 3 is 1.56 bits per heavy atom. The van der Waals surface area contributed by atoms with Crippen LogP contribution in [0.5, 0.6) is 0 Å². The minimum absolute atomic E-state index is 0.0232. The summed E-state index contributed by atoms with van der Waals surface area (Å²) >= 11 is 0. The second-order valence-corrected chi connectivity index (χ2v) is 16.3. The van der Waals surface area contributed by atoms with Gasteiger partial charge in [0.1, 0.15) is 11.1 Å². The molecule has 2 aliphatic heterocycles. The van der Waals surface area contributed by atoms with Crippen molar-refractivity contribution in [2.75, 3.05) is 13.1 Å². The Labute approximate surface area is 377 Å². The number of alkyl halides is 6. The first kappa shape index (κ1) is 48.8. The molecule has 8 rings (SSSR count). The largest absolute Gasteiger partial charge is 0.507 e. The fourth-order valence-electron chi connectivity index (χ4n) is 8.71. The van der Waals surface area contributed by atoms with Gasteiger partial charge < -0.3 is 24.6 Å². The molecule has 2 heterocycles. The molecule has 0 saturated heterocycles. The number of ether oxygens (including phenoxy) is 3. The van der Waals surface area contributed by atoms with Crippen molar-refractivity contribution >= 4 is 35.3 Å². The SMILES string of the molecule is CCN=C=O.CCNC(=O)OC1=C(c2ccc(-c3cccc(C(F)(F)F)c3)cc2C)C(=O)OC12CCCC2.Cc1cc(-c2cccc(C(F)(F)F)c2)ccc1C1=C(O)C2(CCCC2)OC1=O. The number of aliphatic hydroxyl groups excluding tert-OH is 1. The van der Waals surface area contributed by atoms with Crippen molar-refractivity contribution in [3.05, 3.63) is 130 Å². The van der Waals surface area contributed by atoms with E-state index in [2.05, 4.69) is 10.3 Å². The lowest BCUT2D eigenvalue weighted by molar-refractivity contribution is -0.147. The highest BCUT2D eigenvalue weighted by atomic mass is 19.4. The molecule has 2 fully saturated rings. The lowest BCUT2D eigenvalue weighted by Crippen LogP contribution is -2.33. The summed E-state index contributed by atoms with van der Waals surface area (Å²) < 4.78 is 95.2. The average Bonchev–Trinajstić information content (AvgIpc) is 4.05. The predicted molar refractivity (Wildman–Crippen MR) is 233 cm³/mol. The summed E-state index contributed by atoms with van der Waals surface area (Å²) in [4.78, 5) is 49.9. The van der Waals surface area contributed by atoms with Crippen LogP contribution in [0.2, 0.25) is 0 Å². The number of amides is 1. The maximum Gasteiger partial charge on any atom is 0.416 e. The number of nitrogens with zero attached hydrogens (tertiary/aromatic N) is 1. The van der Waals surface area contributed by atoms with Crippen molar-refractivity contribution in [3.8, 4) is 22.3 Å². The molecule has 2 N–H and O–H groups in total. The molecular formula is C50H48F6N2O8. The van der Waals surface area contributed by atoms with E-state index in [4.69, 9.17) is 19.0 Å². The van der Waals surface area contributed by atoms with Crippen LogP contribution in [0.1, 0.15) is 98.6 Å². The highest BCUT2D eigenvalue weighted by Crippen LogP contribution is 2.50. The van der Waals surface area contributed by atoms with Crippen LogP contribution < -0.4 is 5.32 Å². The number of isocyanates is 1. The highest BCUT2D eigenvalue weighted by Gasteiger charge is 2.53. The van der Waals surface area contributed by atoms with Gasteiger partial charge in [-0.15, -0.1) is 0 Å². The molecule has 2 saturated carbocycles. The van der Waals surface area contributed by atoms with E-state index in [9.17, 15) is 45.8 Å². The number of aliphatic imine (C=N–C) groups is 1. The van der Waals surface area contributed by atoms with Gasteiger partial charge >= 0.3 is 30.4 Å². The number of carbonyl (C=O) groups is 3. The summed E-state index contributed by atoms with van der Waals surface area (Å²) in [6.07, 6.45) is -2.31. The lowest BCUT2D eigenvalue weighted by atomic mass is 9.91. The molecule has 0 radical (unpaired) electrons. The number of hydrogen-bond acceptors (Lipinski definition) is 9. The van der Waals surface area contributed by atoms with Crippen LogP contribution in [-0.2, 0) is 40.9 Å². The number of esters is 2. The monoisotopic (exact) mass is 918 g/mol. The van der Waals surface area contributed by atoms with Gasteiger partial charge in [-0.1, -0.05) is 60.7 Å². The van der Waals surface area contributed by atoms with E-state index in [0.717, 1.165) is 49.9 Å². The standard InChI is InChI=1S/C25H24F3NO4.C22H19F3O3.C3H5NO/c1-3-29-23(31)32-21-20(22(30)33-24(21)11-4-5-12-24)19-10-9-17(13-15(19)2)16-7-6-8-18(14-16)25(26,27)28;1-13-11-15(14-5-4-6-16(12-14)22(23,24)25)7-8-17(13)18-19(26)21(28-20(18)27)9-2-3-10-21;1-2-4-3-5/h6-10,13-14H,3-5,11-12H2,1-2H3,(H,29,31);4-8,11-12,26H,2-3,9-10H2,1H3;2H2,1H3. The summed E-state index contributed by atoms with van der Waals surface area (Å²) in [5, 5.41) is 13.3.